The van der Waals surface area contributed by atoms with Gasteiger partial charge in [0.15, 0.2) is 0 Å². The molecule has 3 aromatic rings. The number of aromatic nitrogens is 1. The number of H-pyrrole nitrogens is 1. The first kappa shape index (κ1) is 16.1. The van der Waals surface area contributed by atoms with Gasteiger partial charge in [-0.2, -0.15) is 0 Å². The van der Waals surface area contributed by atoms with E-state index in [4.69, 9.17) is 9.47 Å². The Hall–Kier alpha value is -2.79. The fourth-order valence-electron chi connectivity index (χ4n) is 2.55. The van der Waals surface area contributed by atoms with Crippen LogP contribution in [-0.4, -0.2) is 31.2 Å². The zero-order valence-electron chi connectivity index (χ0n) is 13.5. The number of amides is 1. The van der Waals surface area contributed by atoms with Crippen molar-refractivity contribution in [3.63, 3.8) is 0 Å². The van der Waals surface area contributed by atoms with Crippen LogP contribution in [0.1, 0.15) is 15.9 Å². The number of carbonyl (C=O) groups excluding carboxylic acids is 1. The quantitative estimate of drug-likeness (QED) is 0.656. The van der Waals surface area contributed by atoms with Crippen LogP contribution in [0.3, 0.4) is 0 Å². The molecule has 0 fully saturated rings. The zero-order chi connectivity index (χ0) is 16.8. The summed E-state index contributed by atoms with van der Waals surface area (Å²) in [6.45, 7) is 1.49. The summed E-state index contributed by atoms with van der Waals surface area (Å²) < 4.78 is 10.5. The van der Waals surface area contributed by atoms with Crippen LogP contribution in [-0.2, 0) is 11.3 Å². The largest absolute Gasteiger partial charge is 0.491 e. The van der Waals surface area contributed by atoms with E-state index in [1.807, 2.05) is 54.7 Å². The first-order valence-electron chi connectivity index (χ1n) is 7.83. The van der Waals surface area contributed by atoms with Crippen LogP contribution in [0.5, 0.6) is 5.75 Å². The molecule has 0 bridgehead atoms. The van der Waals surface area contributed by atoms with Gasteiger partial charge in [0.25, 0.3) is 5.91 Å². The standard InChI is InChI=1S/C19H20N2O3/c1-23-10-11-24-15-5-2-4-14(12-15)13-21-19(22)17-6-3-7-18-16(17)8-9-20-18/h2-9,12,20H,10-11,13H2,1H3,(H,21,22). The second-order valence-electron chi connectivity index (χ2n) is 5.42. The maximum absolute atomic E-state index is 12.5. The summed E-state index contributed by atoms with van der Waals surface area (Å²) in [6, 6.07) is 15.3. The van der Waals surface area contributed by atoms with E-state index < -0.39 is 0 Å². The van der Waals surface area contributed by atoms with Crippen LogP contribution in [0, 0.1) is 0 Å². The van der Waals surface area contributed by atoms with E-state index in [0.717, 1.165) is 22.2 Å². The van der Waals surface area contributed by atoms with Crippen molar-refractivity contribution in [2.75, 3.05) is 20.3 Å². The average molecular weight is 324 g/mol. The van der Waals surface area contributed by atoms with E-state index in [-0.39, 0.29) is 5.91 Å². The molecule has 124 valence electrons. The Morgan fingerprint density at radius 2 is 2.00 bits per heavy atom. The van der Waals surface area contributed by atoms with E-state index in [9.17, 15) is 4.79 Å². The molecule has 0 unspecified atom stereocenters. The number of hydrogen-bond acceptors (Lipinski definition) is 3. The maximum atomic E-state index is 12.5. The Balaban J connectivity index is 1.64. The molecule has 3 rings (SSSR count). The highest BCUT2D eigenvalue weighted by Crippen LogP contribution is 2.18. The smallest absolute Gasteiger partial charge is 0.252 e. The maximum Gasteiger partial charge on any atom is 0.252 e. The Kier molecular flexibility index (Phi) is 5.13. The van der Waals surface area contributed by atoms with Crippen LogP contribution in [0.15, 0.2) is 54.7 Å². The van der Waals surface area contributed by atoms with Gasteiger partial charge in [0.2, 0.25) is 0 Å². The number of carbonyl (C=O) groups is 1. The van der Waals surface area contributed by atoms with E-state index in [0.29, 0.717) is 25.3 Å². The minimum absolute atomic E-state index is 0.0918. The Bertz CT molecular complexity index is 826. The summed E-state index contributed by atoms with van der Waals surface area (Å²) in [5.41, 5.74) is 2.61. The second kappa shape index (κ2) is 7.66. The third-order valence-electron chi connectivity index (χ3n) is 3.75. The molecule has 5 nitrogen and oxygen atoms in total. The van der Waals surface area contributed by atoms with Crippen molar-refractivity contribution >= 4 is 16.8 Å². The molecule has 0 aliphatic carbocycles. The lowest BCUT2D eigenvalue weighted by Gasteiger charge is -2.09. The zero-order valence-corrected chi connectivity index (χ0v) is 13.5. The Morgan fingerprint density at radius 1 is 1.12 bits per heavy atom. The van der Waals surface area contributed by atoms with Gasteiger partial charge in [-0.3, -0.25) is 4.79 Å². The predicted molar refractivity (Wildman–Crippen MR) is 93.3 cm³/mol. The molecular formula is C19H20N2O3. The average Bonchev–Trinajstić information content (AvgIpc) is 3.09. The predicted octanol–water partition coefficient (Wildman–Crippen LogP) is 3.12. The van der Waals surface area contributed by atoms with Crippen molar-refractivity contribution in [1.29, 1.82) is 0 Å². The highest BCUT2D eigenvalue weighted by Gasteiger charge is 2.10. The monoisotopic (exact) mass is 324 g/mol. The molecule has 0 aliphatic heterocycles. The van der Waals surface area contributed by atoms with Gasteiger partial charge in [0.1, 0.15) is 12.4 Å². The number of fused-ring (bicyclic) bond motifs is 1. The first-order valence-corrected chi connectivity index (χ1v) is 7.83. The number of ether oxygens (including phenoxy) is 2. The fraction of sp³-hybridized carbons (Fsp3) is 0.211. The Labute approximate surface area is 140 Å². The Morgan fingerprint density at radius 3 is 2.88 bits per heavy atom. The van der Waals surface area contributed by atoms with Crippen LogP contribution < -0.4 is 10.1 Å². The summed E-state index contributed by atoms with van der Waals surface area (Å²) in [7, 11) is 1.64. The van der Waals surface area contributed by atoms with Gasteiger partial charge in [-0.25, -0.2) is 0 Å². The highest BCUT2D eigenvalue weighted by molar-refractivity contribution is 6.06. The molecule has 0 radical (unpaired) electrons. The summed E-state index contributed by atoms with van der Waals surface area (Å²) in [6.07, 6.45) is 1.84. The number of aromatic amines is 1. The van der Waals surface area contributed by atoms with Gasteiger partial charge in [-0.1, -0.05) is 18.2 Å². The molecule has 0 spiro atoms. The van der Waals surface area contributed by atoms with Gasteiger partial charge >= 0.3 is 0 Å². The van der Waals surface area contributed by atoms with E-state index in [1.54, 1.807) is 7.11 Å². The molecule has 2 aromatic carbocycles. The second-order valence-corrected chi connectivity index (χ2v) is 5.42. The molecular weight excluding hydrogens is 304 g/mol. The lowest BCUT2D eigenvalue weighted by atomic mass is 10.1. The topological polar surface area (TPSA) is 63.4 Å². The van der Waals surface area contributed by atoms with Gasteiger partial charge in [-0.15, -0.1) is 0 Å². The summed E-state index contributed by atoms with van der Waals surface area (Å²) >= 11 is 0. The third kappa shape index (κ3) is 3.75. The lowest BCUT2D eigenvalue weighted by molar-refractivity contribution is 0.0952. The minimum atomic E-state index is -0.0918. The van der Waals surface area contributed by atoms with Crippen molar-refractivity contribution in [2.24, 2.45) is 0 Å². The van der Waals surface area contributed by atoms with Crippen LogP contribution in [0.2, 0.25) is 0 Å². The summed E-state index contributed by atoms with van der Waals surface area (Å²) in [5.74, 6) is 0.678. The molecule has 5 heteroatoms. The molecule has 0 aliphatic rings. The summed E-state index contributed by atoms with van der Waals surface area (Å²) in [4.78, 5) is 15.6. The van der Waals surface area contributed by atoms with Crippen molar-refractivity contribution in [2.45, 2.75) is 6.54 Å². The number of methoxy groups -OCH3 is 1. The molecule has 0 saturated heterocycles. The van der Waals surface area contributed by atoms with Crippen molar-refractivity contribution in [1.82, 2.24) is 10.3 Å². The molecule has 24 heavy (non-hydrogen) atoms. The minimum Gasteiger partial charge on any atom is -0.491 e. The number of benzene rings is 2. The molecule has 2 N–H and O–H groups in total. The highest BCUT2D eigenvalue weighted by atomic mass is 16.5. The van der Waals surface area contributed by atoms with Crippen LogP contribution in [0.4, 0.5) is 0 Å². The lowest BCUT2D eigenvalue weighted by Crippen LogP contribution is -2.22. The fourth-order valence-corrected chi connectivity index (χ4v) is 2.55. The van der Waals surface area contributed by atoms with Gasteiger partial charge in [0, 0.05) is 36.3 Å². The van der Waals surface area contributed by atoms with Crippen LogP contribution >= 0.6 is 0 Å². The van der Waals surface area contributed by atoms with Gasteiger partial charge in [-0.05, 0) is 35.9 Å². The first-order chi connectivity index (χ1) is 11.8. The number of hydrogen-bond donors (Lipinski definition) is 2. The van der Waals surface area contributed by atoms with Crippen molar-refractivity contribution in [3.8, 4) is 5.75 Å². The molecule has 1 aromatic heterocycles. The summed E-state index contributed by atoms with van der Waals surface area (Å²) in [5, 5.41) is 3.88. The van der Waals surface area contributed by atoms with Crippen molar-refractivity contribution in [3.05, 3.63) is 65.9 Å². The van der Waals surface area contributed by atoms with E-state index in [1.165, 1.54) is 0 Å². The SMILES string of the molecule is COCCOc1cccc(CNC(=O)c2cccc3[nH]ccc23)c1. The number of rotatable bonds is 7. The normalized spacial score (nSPS) is 10.7. The van der Waals surface area contributed by atoms with Crippen molar-refractivity contribution < 1.29 is 14.3 Å². The van der Waals surface area contributed by atoms with Gasteiger partial charge < -0.3 is 19.8 Å². The third-order valence-corrected chi connectivity index (χ3v) is 3.75. The van der Waals surface area contributed by atoms with E-state index >= 15 is 0 Å². The number of nitrogens with one attached hydrogen (secondary N) is 2. The van der Waals surface area contributed by atoms with Crippen LogP contribution in [0.25, 0.3) is 10.9 Å². The van der Waals surface area contributed by atoms with E-state index in [2.05, 4.69) is 10.3 Å². The molecule has 0 atom stereocenters. The molecule has 1 heterocycles. The van der Waals surface area contributed by atoms with Gasteiger partial charge in [0.05, 0.1) is 6.61 Å². The molecule has 1 amide bonds. The molecule has 0 saturated carbocycles.